The monoisotopic (exact) mass is 194 g/mol. The zero-order chi connectivity index (χ0) is 9.97. The lowest BCUT2D eigenvalue weighted by Gasteiger charge is -2.20. The van der Waals surface area contributed by atoms with Crippen molar-refractivity contribution < 1.29 is 14.6 Å². The number of rotatable bonds is 2. The summed E-state index contributed by atoms with van der Waals surface area (Å²) in [7, 11) is 0. The van der Waals surface area contributed by atoms with Crippen LogP contribution in [-0.2, 0) is 0 Å². The van der Waals surface area contributed by atoms with Crippen LogP contribution in [0.3, 0.4) is 0 Å². The predicted octanol–water partition coefficient (Wildman–Crippen LogP) is 1.55. The van der Waals surface area contributed by atoms with Gasteiger partial charge < -0.3 is 14.6 Å². The van der Waals surface area contributed by atoms with E-state index in [2.05, 4.69) is 0 Å². The number of fused-ring (bicyclic) bond motifs is 1. The van der Waals surface area contributed by atoms with Crippen LogP contribution in [0.5, 0.6) is 11.5 Å². The number of benzene rings is 1. The van der Waals surface area contributed by atoms with Crippen LogP contribution in [0.1, 0.15) is 18.4 Å². The fraction of sp³-hybridized carbons (Fsp3) is 0.455. The molecule has 1 aliphatic rings. The van der Waals surface area contributed by atoms with Crippen molar-refractivity contribution in [3.05, 3.63) is 23.8 Å². The van der Waals surface area contributed by atoms with Gasteiger partial charge in [0.1, 0.15) is 13.2 Å². The quantitative estimate of drug-likeness (QED) is 0.776. The Kier molecular flexibility index (Phi) is 2.59. The molecule has 0 saturated carbocycles. The van der Waals surface area contributed by atoms with Crippen LogP contribution < -0.4 is 9.47 Å². The average Bonchev–Trinajstić information content (AvgIpc) is 2.27. The van der Waals surface area contributed by atoms with Gasteiger partial charge in [0.2, 0.25) is 0 Å². The SMILES string of the molecule is CC(CO)c1ccc2c(c1)OCCO2. The summed E-state index contributed by atoms with van der Waals surface area (Å²) in [5, 5.41) is 9.02. The summed E-state index contributed by atoms with van der Waals surface area (Å²) in [5.41, 5.74) is 1.08. The molecule has 1 atom stereocenters. The molecule has 0 saturated heterocycles. The molecule has 1 aromatic rings. The van der Waals surface area contributed by atoms with Crippen LogP contribution in [0, 0.1) is 0 Å². The highest BCUT2D eigenvalue weighted by Gasteiger charge is 2.13. The normalized spacial score (nSPS) is 16.4. The first kappa shape index (κ1) is 9.34. The third-order valence-corrected chi connectivity index (χ3v) is 2.41. The van der Waals surface area contributed by atoms with Crippen molar-refractivity contribution in [3.8, 4) is 11.5 Å². The van der Waals surface area contributed by atoms with Gasteiger partial charge in [-0.3, -0.25) is 0 Å². The molecule has 0 amide bonds. The number of ether oxygens (including phenoxy) is 2. The molecule has 2 rings (SSSR count). The molecule has 0 aliphatic carbocycles. The molecule has 1 heterocycles. The molecule has 76 valence electrons. The van der Waals surface area contributed by atoms with Gasteiger partial charge in [0.15, 0.2) is 11.5 Å². The van der Waals surface area contributed by atoms with Crippen LogP contribution in [0.25, 0.3) is 0 Å². The van der Waals surface area contributed by atoms with E-state index in [1.165, 1.54) is 0 Å². The third-order valence-electron chi connectivity index (χ3n) is 2.41. The van der Waals surface area contributed by atoms with Crippen molar-refractivity contribution in [2.24, 2.45) is 0 Å². The Labute approximate surface area is 83.3 Å². The Morgan fingerprint density at radius 1 is 1.29 bits per heavy atom. The number of hydrogen-bond acceptors (Lipinski definition) is 3. The van der Waals surface area contributed by atoms with E-state index in [9.17, 15) is 0 Å². The fourth-order valence-electron chi connectivity index (χ4n) is 1.47. The molecule has 3 heteroatoms. The van der Waals surface area contributed by atoms with Crippen molar-refractivity contribution in [2.75, 3.05) is 19.8 Å². The maximum absolute atomic E-state index is 9.02. The highest BCUT2D eigenvalue weighted by atomic mass is 16.6. The summed E-state index contributed by atoms with van der Waals surface area (Å²) < 4.78 is 10.9. The number of aliphatic hydroxyl groups excluding tert-OH is 1. The van der Waals surface area contributed by atoms with Crippen LogP contribution in [0.4, 0.5) is 0 Å². The largest absolute Gasteiger partial charge is 0.486 e. The molecule has 1 aliphatic heterocycles. The molecule has 0 spiro atoms. The molecule has 1 aromatic carbocycles. The van der Waals surface area contributed by atoms with Gasteiger partial charge in [0.05, 0.1) is 0 Å². The molecular weight excluding hydrogens is 180 g/mol. The van der Waals surface area contributed by atoms with Crippen molar-refractivity contribution in [3.63, 3.8) is 0 Å². The zero-order valence-corrected chi connectivity index (χ0v) is 8.19. The van der Waals surface area contributed by atoms with Gasteiger partial charge in [0, 0.05) is 12.5 Å². The number of hydrogen-bond donors (Lipinski definition) is 1. The van der Waals surface area contributed by atoms with Crippen LogP contribution in [0.15, 0.2) is 18.2 Å². The highest BCUT2D eigenvalue weighted by Crippen LogP contribution is 2.32. The standard InChI is InChI=1S/C11H14O3/c1-8(7-12)9-2-3-10-11(6-9)14-5-4-13-10/h2-3,6,8,12H,4-5,7H2,1H3. The van der Waals surface area contributed by atoms with E-state index in [0.717, 1.165) is 17.1 Å². The summed E-state index contributed by atoms with van der Waals surface area (Å²) >= 11 is 0. The van der Waals surface area contributed by atoms with Gasteiger partial charge >= 0.3 is 0 Å². The molecule has 0 radical (unpaired) electrons. The lowest BCUT2D eigenvalue weighted by molar-refractivity contribution is 0.171. The first-order valence-corrected chi connectivity index (χ1v) is 4.81. The van der Waals surface area contributed by atoms with Gasteiger partial charge in [-0.1, -0.05) is 13.0 Å². The zero-order valence-electron chi connectivity index (χ0n) is 8.19. The molecule has 0 aromatic heterocycles. The Hall–Kier alpha value is -1.22. The minimum absolute atomic E-state index is 0.144. The second-order valence-electron chi connectivity index (χ2n) is 3.49. The fourth-order valence-corrected chi connectivity index (χ4v) is 1.47. The number of aliphatic hydroxyl groups is 1. The van der Waals surface area contributed by atoms with Gasteiger partial charge in [0.25, 0.3) is 0 Å². The van der Waals surface area contributed by atoms with Crippen LogP contribution in [0.2, 0.25) is 0 Å². The molecule has 3 nitrogen and oxygen atoms in total. The minimum Gasteiger partial charge on any atom is -0.486 e. The summed E-state index contributed by atoms with van der Waals surface area (Å²) in [5.74, 6) is 1.73. The average molecular weight is 194 g/mol. The molecule has 14 heavy (non-hydrogen) atoms. The Bertz CT molecular complexity index is 322. The molecule has 1 N–H and O–H groups in total. The van der Waals surface area contributed by atoms with E-state index >= 15 is 0 Å². The first-order valence-electron chi connectivity index (χ1n) is 4.81. The minimum atomic E-state index is 0.144. The molecule has 0 fully saturated rings. The van der Waals surface area contributed by atoms with Gasteiger partial charge in [-0.25, -0.2) is 0 Å². The van der Waals surface area contributed by atoms with E-state index in [-0.39, 0.29) is 12.5 Å². The molecule has 0 bridgehead atoms. The van der Waals surface area contributed by atoms with Crippen molar-refractivity contribution in [1.29, 1.82) is 0 Å². The lowest BCUT2D eigenvalue weighted by atomic mass is 10.0. The van der Waals surface area contributed by atoms with Crippen LogP contribution in [-0.4, -0.2) is 24.9 Å². The van der Waals surface area contributed by atoms with Crippen molar-refractivity contribution in [1.82, 2.24) is 0 Å². The topological polar surface area (TPSA) is 38.7 Å². The van der Waals surface area contributed by atoms with Crippen molar-refractivity contribution in [2.45, 2.75) is 12.8 Å². The van der Waals surface area contributed by atoms with E-state index in [1.54, 1.807) is 0 Å². The Balaban J connectivity index is 2.29. The van der Waals surface area contributed by atoms with E-state index in [0.29, 0.717) is 13.2 Å². The maximum atomic E-state index is 9.02. The smallest absolute Gasteiger partial charge is 0.161 e. The van der Waals surface area contributed by atoms with Gasteiger partial charge in [-0.05, 0) is 17.7 Å². The molecule has 1 unspecified atom stereocenters. The predicted molar refractivity (Wildman–Crippen MR) is 52.9 cm³/mol. The first-order chi connectivity index (χ1) is 6.81. The van der Waals surface area contributed by atoms with Gasteiger partial charge in [-0.15, -0.1) is 0 Å². The van der Waals surface area contributed by atoms with Crippen LogP contribution >= 0.6 is 0 Å². The van der Waals surface area contributed by atoms with E-state index in [1.807, 2.05) is 25.1 Å². The second kappa shape index (κ2) is 3.88. The summed E-state index contributed by atoms with van der Waals surface area (Å²) in [4.78, 5) is 0. The summed E-state index contributed by atoms with van der Waals surface area (Å²) in [6.45, 7) is 3.34. The Morgan fingerprint density at radius 2 is 2.00 bits per heavy atom. The summed E-state index contributed by atoms with van der Waals surface area (Å²) in [6, 6.07) is 5.81. The highest BCUT2D eigenvalue weighted by molar-refractivity contribution is 5.44. The maximum Gasteiger partial charge on any atom is 0.161 e. The van der Waals surface area contributed by atoms with Crippen molar-refractivity contribution >= 4 is 0 Å². The van der Waals surface area contributed by atoms with Gasteiger partial charge in [-0.2, -0.15) is 0 Å². The second-order valence-corrected chi connectivity index (χ2v) is 3.49. The molecular formula is C11H14O3. The summed E-state index contributed by atoms with van der Waals surface area (Å²) in [6.07, 6.45) is 0. The van der Waals surface area contributed by atoms with E-state index < -0.39 is 0 Å². The third kappa shape index (κ3) is 1.68. The Morgan fingerprint density at radius 3 is 2.71 bits per heavy atom. The lowest BCUT2D eigenvalue weighted by Crippen LogP contribution is -2.15. The van der Waals surface area contributed by atoms with E-state index in [4.69, 9.17) is 14.6 Å².